The summed E-state index contributed by atoms with van der Waals surface area (Å²) in [6.07, 6.45) is 0.775. The van der Waals surface area contributed by atoms with E-state index in [0.29, 0.717) is 36.2 Å². The van der Waals surface area contributed by atoms with Crippen molar-refractivity contribution in [2.24, 2.45) is 0 Å². The van der Waals surface area contributed by atoms with E-state index in [1.807, 2.05) is 24.3 Å². The Bertz CT molecular complexity index is 1200. The molecule has 2 aliphatic rings. The van der Waals surface area contributed by atoms with Gasteiger partial charge in [0.2, 0.25) is 11.8 Å². The number of nitrogens with zero attached hydrogens (tertiary/aromatic N) is 3. The fourth-order valence-corrected chi connectivity index (χ4v) is 3.94. The fourth-order valence-electron chi connectivity index (χ4n) is 3.67. The minimum Gasteiger partial charge on any atom is -0.490 e. The Kier molecular flexibility index (Phi) is 5.09. The average molecular weight is 499 g/mol. The van der Waals surface area contributed by atoms with Crippen LogP contribution in [0.2, 0.25) is 0 Å². The summed E-state index contributed by atoms with van der Waals surface area (Å²) in [4.78, 5) is 27.0. The number of amides is 3. The van der Waals surface area contributed by atoms with Gasteiger partial charge in [-0.2, -0.15) is 0 Å². The number of nitrogens with one attached hydrogen (secondary N) is 1. The Morgan fingerprint density at radius 2 is 1.81 bits per heavy atom. The van der Waals surface area contributed by atoms with E-state index in [9.17, 15) is 9.59 Å². The number of imide groups is 1. The van der Waals surface area contributed by atoms with Gasteiger partial charge in [0.05, 0.1) is 13.2 Å². The van der Waals surface area contributed by atoms with Crippen molar-refractivity contribution in [3.63, 3.8) is 0 Å². The van der Waals surface area contributed by atoms with Crippen LogP contribution in [0.25, 0.3) is 11.5 Å². The zero-order valence-corrected chi connectivity index (χ0v) is 18.7. The summed E-state index contributed by atoms with van der Waals surface area (Å²) in [6, 6.07) is 12.1. The molecule has 1 saturated heterocycles. The second-order valence-corrected chi connectivity index (χ2v) is 8.58. The first kappa shape index (κ1) is 20.5. The first-order valence-corrected chi connectivity index (χ1v) is 10.9. The lowest BCUT2D eigenvalue weighted by atomic mass is 9.91. The van der Waals surface area contributed by atoms with Crippen molar-refractivity contribution in [1.29, 1.82) is 0 Å². The number of hydrogen-bond donors (Lipinski definition) is 1. The normalized spacial score (nSPS) is 20.2. The number of hydrogen-bond acceptors (Lipinski definition) is 7. The van der Waals surface area contributed by atoms with Crippen molar-refractivity contribution in [2.75, 3.05) is 13.2 Å². The van der Waals surface area contributed by atoms with Gasteiger partial charge in [0.15, 0.2) is 11.5 Å². The number of benzene rings is 2. The number of rotatable bonds is 4. The smallest absolute Gasteiger partial charge is 0.325 e. The van der Waals surface area contributed by atoms with Gasteiger partial charge in [-0.05, 0) is 48.9 Å². The molecule has 32 heavy (non-hydrogen) atoms. The third-order valence-corrected chi connectivity index (χ3v) is 5.98. The highest BCUT2D eigenvalue weighted by Crippen LogP contribution is 2.37. The molecule has 3 heterocycles. The van der Waals surface area contributed by atoms with E-state index in [0.717, 1.165) is 21.4 Å². The van der Waals surface area contributed by atoms with Gasteiger partial charge in [-0.3, -0.25) is 9.69 Å². The summed E-state index contributed by atoms with van der Waals surface area (Å²) in [7, 11) is 0. The van der Waals surface area contributed by atoms with E-state index < -0.39 is 17.5 Å². The molecular weight excluding hydrogens is 480 g/mol. The monoisotopic (exact) mass is 498 g/mol. The van der Waals surface area contributed by atoms with Gasteiger partial charge in [0, 0.05) is 16.5 Å². The molecule has 1 atom stereocenters. The minimum atomic E-state index is -1.25. The molecule has 1 unspecified atom stereocenters. The van der Waals surface area contributed by atoms with Crippen molar-refractivity contribution in [3.8, 4) is 23.0 Å². The maximum atomic E-state index is 13.3. The average Bonchev–Trinajstić information content (AvgIpc) is 3.23. The Labute approximate surface area is 191 Å². The summed E-state index contributed by atoms with van der Waals surface area (Å²) < 4.78 is 18.0. The number of ether oxygens (including phenoxy) is 2. The number of carbonyl (C=O) groups is 2. The third-order valence-electron chi connectivity index (χ3n) is 5.45. The molecule has 164 valence electrons. The van der Waals surface area contributed by atoms with Crippen LogP contribution in [0, 0.1) is 0 Å². The Balaban J connectivity index is 1.37. The lowest BCUT2D eigenvalue weighted by Gasteiger charge is -2.23. The minimum absolute atomic E-state index is 0.131. The molecule has 1 fully saturated rings. The molecule has 2 aromatic carbocycles. The van der Waals surface area contributed by atoms with Gasteiger partial charge >= 0.3 is 6.03 Å². The number of halogens is 1. The highest BCUT2D eigenvalue weighted by atomic mass is 79.9. The summed E-state index contributed by atoms with van der Waals surface area (Å²) in [5.41, 5.74) is 0.0842. The Hall–Kier alpha value is -3.40. The predicted octanol–water partition coefficient (Wildman–Crippen LogP) is 3.63. The van der Waals surface area contributed by atoms with E-state index >= 15 is 0 Å². The Morgan fingerprint density at radius 3 is 2.59 bits per heavy atom. The number of fused-ring (bicyclic) bond motifs is 1. The van der Waals surface area contributed by atoms with Gasteiger partial charge in [-0.15, -0.1) is 10.2 Å². The van der Waals surface area contributed by atoms with Crippen LogP contribution in [0.3, 0.4) is 0 Å². The maximum absolute atomic E-state index is 13.3. The van der Waals surface area contributed by atoms with Crippen LogP contribution in [0.4, 0.5) is 4.79 Å². The second kappa shape index (κ2) is 7.94. The number of carbonyl (C=O) groups excluding carboxylic acids is 2. The Morgan fingerprint density at radius 1 is 1.06 bits per heavy atom. The fraction of sp³-hybridized carbons (Fsp3) is 0.273. The maximum Gasteiger partial charge on any atom is 0.325 e. The van der Waals surface area contributed by atoms with Crippen molar-refractivity contribution in [2.45, 2.75) is 25.4 Å². The summed E-state index contributed by atoms with van der Waals surface area (Å²) in [5.74, 6) is 1.23. The lowest BCUT2D eigenvalue weighted by Crippen LogP contribution is -2.40. The molecule has 9 nitrogen and oxygen atoms in total. The van der Waals surface area contributed by atoms with Gasteiger partial charge in [-0.1, -0.05) is 22.0 Å². The topological polar surface area (TPSA) is 107 Å². The quantitative estimate of drug-likeness (QED) is 0.547. The first-order chi connectivity index (χ1) is 15.4. The van der Waals surface area contributed by atoms with Crippen LogP contribution in [-0.4, -0.2) is 40.2 Å². The summed E-state index contributed by atoms with van der Waals surface area (Å²) >= 11 is 3.38. The SMILES string of the molecule is CC1(c2ccc3c(c2)OCCCO3)NC(=O)N(Cc2nnc(-c3ccc(Br)cc3)o2)C1=O. The van der Waals surface area contributed by atoms with E-state index in [1.165, 1.54) is 0 Å². The standard InChI is InChI=1S/C22H19BrN4O5/c1-22(14-5-8-16-17(11-14)31-10-2-9-30-16)20(28)27(21(29)24-22)12-18-25-26-19(32-18)13-3-6-15(23)7-4-13/h3-8,11H,2,9-10,12H2,1H3,(H,24,29). The van der Waals surface area contributed by atoms with E-state index in [2.05, 4.69) is 31.4 Å². The van der Waals surface area contributed by atoms with Gasteiger partial charge in [-0.25, -0.2) is 4.79 Å². The van der Waals surface area contributed by atoms with Crippen LogP contribution in [0.1, 0.15) is 24.8 Å². The first-order valence-electron chi connectivity index (χ1n) is 10.1. The van der Waals surface area contributed by atoms with Crippen LogP contribution >= 0.6 is 15.9 Å². The molecule has 10 heteroatoms. The molecular formula is C22H19BrN4O5. The zero-order valence-electron chi connectivity index (χ0n) is 17.1. The second-order valence-electron chi connectivity index (χ2n) is 7.67. The van der Waals surface area contributed by atoms with Crippen molar-refractivity contribution >= 4 is 27.9 Å². The third kappa shape index (κ3) is 3.60. The van der Waals surface area contributed by atoms with Gasteiger partial charge in [0.1, 0.15) is 12.1 Å². The highest BCUT2D eigenvalue weighted by Gasteiger charge is 2.49. The molecule has 0 saturated carbocycles. The van der Waals surface area contributed by atoms with E-state index in [-0.39, 0.29) is 12.4 Å². The van der Waals surface area contributed by atoms with Crippen LogP contribution < -0.4 is 14.8 Å². The molecule has 2 aliphatic heterocycles. The van der Waals surface area contributed by atoms with Crippen LogP contribution in [-0.2, 0) is 16.9 Å². The molecule has 0 bridgehead atoms. The molecule has 0 spiro atoms. The molecule has 0 radical (unpaired) electrons. The molecule has 1 N–H and O–H groups in total. The van der Waals surface area contributed by atoms with Crippen molar-refractivity contribution < 1.29 is 23.5 Å². The molecule has 1 aromatic heterocycles. The summed E-state index contributed by atoms with van der Waals surface area (Å²) in [6.45, 7) is 2.62. The largest absolute Gasteiger partial charge is 0.490 e. The highest BCUT2D eigenvalue weighted by molar-refractivity contribution is 9.10. The van der Waals surface area contributed by atoms with Gasteiger partial charge in [0.25, 0.3) is 5.91 Å². The molecule has 5 rings (SSSR count). The van der Waals surface area contributed by atoms with Crippen LogP contribution in [0.5, 0.6) is 11.5 Å². The summed E-state index contributed by atoms with van der Waals surface area (Å²) in [5, 5.41) is 10.8. The lowest BCUT2D eigenvalue weighted by molar-refractivity contribution is -0.131. The molecule has 3 amide bonds. The molecule has 0 aliphatic carbocycles. The van der Waals surface area contributed by atoms with Crippen LogP contribution in [0.15, 0.2) is 51.4 Å². The van der Waals surface area contributed by atoms with E-state index in [1.54, 1.807) is 25.1 Å². The van der Waals surface area contributed by atoms with Crippen molar-refractivity contribution in [1.82, 2.24) is 20.4 Å². The molecule has 3 aromatic rings. The predicted molar refractivity (Wildman–Crippen MR) is 116 cm³/mol. The van der Waals surface area contributed by atoms with Crippen molar-refractivity contribution in [3.05, 3.63) is 58.4 Å². The van der Waals surface area contributed by atoms with E-state index in [4.69, 9.17) is 13.9 Å². The zero-order chi connectivity index (χ0) is 22.3. The van der Waals surface area contributed by atoms with Gasteiger partial charge < -0.3 is 19.2 Å². The number of aromatic nitrogens is 2. The number of urea groups is 1.